The topological polar surface area (TPSA) is 143 Å². The third kappa shape index (κ3) is 2.92. The molecule has 3 rings (SSSR count). The molecule has 1 heterocycles. The smallest absolute Gasteiger partial charge is 0.347 e. The maximum Gasteiger partial charge on any atom is 0.347 e. The van der Waals surface area contributed by atoms with Crippen molar-refractivity contribution in [3.8, 4) is 0 Å². The van der Waals surface area contributed by atoms with Crippen LogP contribution in [0.15, 0.2) is 27.6 Å². The lowest BCUT2D eigenvalue weighted by Crippen LogP contribution is -2.33. The van der Waals surface area contributed by atoms with Gasteiger partial charge < -0.3 is 9.84 Å². The number of nitro groups is 1. The van der Waals surface area contributed by atoms with Crippen molar-refractivity contribution < 1.29 is 23.2 Å². The maximum atomic E-state index is 11.7. The Balaban J connectivity index is 2.11. The van der Waals surface area contributed by atoms with E-state index in [0.717, 1.165) is 0 Å². The summed E-state index contributed by atoms with van der Waals surface area (Å²) in [6.45, 7) is 5.42. The molecule has 0 unspecified atom stereocenters. The van der Waals surface area contributed by atoms with Crippen LogP contribution in [-0.2, 0) is 20.4 Å². The fraction of sp³-hybridized carbons (Fsp3) is 0.467. The second-order valence-corrected chi connectivity index (χ2v) is 7.86. The van der Waals surface area contributed by atoms with E-state index in [1.807, 2.05) is 0 Å². The number of aliphatic hydroxyl groups excluding tert-OH is 1. The van der Waals surface area contributed by atoms with Gasteiger partial charge in [-0.2, -0.15) is 8.42 Å². The first-order valence-electron chi connectivity index (χ1n) is 7.87. The molecule has 1 aromatic carbocycles. The lowest BCUT2D eigenvalue weighted by Gasteiger charge is -2.25. The third-order valence-corrected chi connectivity index (χ3v) is 5.34. The van der Waals surface area contributed by atoms with Crippen LogP contribution in [0.25, 0.3) is 0 Å². The van der Waals surface area contributed by atoms with Crippen LogP contribution in [-0.4, -0.2) is 42.9 Å². The Hall–Kier alpha value is -2.53. The molecule has 0 saturated heterocycles. The highest BCUT2D eigenvalue weighted by atomic mass is 32.2. The van der Waals surface area contributed by atoms with Gasteiger partial charge in [0, 0.05) is 17.5 Å². The molecule has 0 aromatic heterocycles. The largest absolute Gasteiger partial charge is 0.475 e. The first-order valence-corrected chi connectivity index (χ1v) is 9.31. The predicted octanol–water partition coefficient (Wildman–Crippen LogP) is 0.970. The maximum absolute atomic E-state index is 11.7. The Labute approximate surface area is 150 Å². The van der Waals surface area contributed by atoms with Crippen molar-refractivity contribution >= 4 is 27.6 Å². The molecule has 2 aliphatic rings. The zero-order valence-electron chi connectivity index (χ0n) is 14.3. The number of fused-ring (bicyclic) bond motifs is 1. The van der Waals surface area contributed by atoms with E-state index in [2.05, 4.69) is 14.1 Å². The van der Waals surface area contributed by atoms with Crippen molar-refractivity contribution in [3.63, 3.8) is 0 Å². The van der Waals surface area contributed by atoms with Crippen LogP contribution < -0.4 is 4.72 Å². The molecule has 0 bridgehead atoms. The van der Waals surface area contributed by atoms with E-state index >= 15 is 0 Å². The van der Waals surface area contributed by atoms with Gasteiger partial charge in [-0.1, -0.05) is 19.9 Å². The Morgan fingerprint density at radius 2 is 2.15 bits per heavy atom. The fourth-order valence-electron chi connectivity index (χ4n) is 3.15. The molecule has 26 heavy (non-hydrogen) atoms. The van der Waals surface area contributed by atoms with Crippen LogP contribution in [0.3, 0.4) is 0 Å². The molecule has 140 valence electrons. The number of rotatable bonds is 3. The van der Waals surface area contributed by atoms with E-state index in [-0.39, 0.29) is 24.0 Å². The molecule has 10 nitrogen and oxygen atoms in total. The molecule has 1 aliphatic heterocycles. The van der Waals surface area contributed by atoms with Crippen molar-refractivity contribution in [2.45, 2.75) is 38.3 Å². The first kappa shape index (κ1) is 18.3. The third-order valence-electron chi connectivity index (χ3n) is 4.48. The van der Waals surface area contributed by atoms with Crippen molar-refractivity contribution in [1.29, 1.82) is 0 Å². The highest BCUT2D eigenvalue weighted by molar-refractivity contribution is 7.89. The van der Waals surface area contributed by atoms with Gasteiger partial charge >= 0.3 is 10.2 Å². The van der Waals surface area contributed by atoms with Crippen molar-refractivity contribution in [2.75, 3.05) is 6.61 Å². The number of nitrogens with one attached hydrogen (secondary N) is 1. The summed E-state index contributed by atoms with van der Waals surface area (Å²) in [5.41, 5.74) is 0.316. The molecule has 1 aliphatic carbocycles. The standard InChI is InChI=1S/C15H18N4O6S/c1-4-25-14-13(17-26(23,24)18-14)16-11-9-7-8(19(21)22)5-6-10(9)15(2,3)12(11)20/h5-7,11-12,20H,4H2,1-3H3,(H,16,17)/t11-,12+/m0/s1. The van der Waals surface area contributed by atoms with E-state index in [0.29, 0.717) is 11.1 Å². The van der Waals surface area contributed by atoms with Gasteiger partial charge in [0.15, 0.2) is 0 Å². The number of hydrogen-bond donors (Lipinski definition) is 2. The second kappa shape index (κ2) is 6.02. The van der Waals surface area contributed by atoms with Crippen molar-refractivity contribution in [3.05, 3.63) is 39.4 Å². The number of benzene rings is 1. The second-order valence-electron chi connectivity index (χ2n) is 6.52. The van der Waals surface area contributed by atoms with Crippen LogP contribution in [0.2, 0.25) is 0 Å². The predicted molar refractivity (Wildman–Crippen MR) is 93.4 cm³/mol. The highest BCUT2D eigenvalue weighted by Gasteiger charge is 2.47. The number of nitro benzene ring substituents is 1. The minimum Gasteiger partial charge on any atom is -0.475 e. The lowest BCUT2D eigenvalue weighted by molar-refractivity contribution is -0.384. The average molecular weight is 382 g/mol. The number of hydrogen-bond acceptors (Lipinski definition) is 7. The minimum atomic E-state index is -3.96. The zero-order valence-corrected chi connectivity index (χ0v) is 15.1. The summed E-state index contributed by atoms with van der Waals surface area (Å²) < 4.78 is 34.1. The van der Waals surface area contributed by atoms with Gasteiger partial charge in [0.25, 0.3) is 11.6 Å². The molecule has 2 N–H and O–H groups in total. The normalized spacial score (nSPS) is 26.9. The number of non-ortho nitro benzene ring substituents is 1. The molecule has 11 heteroatoms. The fourth-order valence-corrected chi connectivity index (χ4v) is 3.94. The molecule has 0 fully saturated rings. The van der Waals surface area contributed by atoms with Crippen LogP contribution >= 0.6 is 0 Å². The minimum absolute atomic E-state index is 0.133. The molecular formula is C15H18N4O6S. The summed E-state index contributed by atoms with van der Waals surface area (Å²) in [5, 5.41) is 21.8. The molecule has 0 spiro atoms. The summed E-state index contributed by atoms with van der Waals surface area (Å²) in [7, 11) is -3.96. The Morgan fingerprint density at radius 1 is 1.46 bits per heavy atom. The van der Waals surface area contributed by atoms with E-state index < -0.39 is 32.7 Å². The summed E-state index contributed by atoms with van der Waals surface area (Å²) in [4.78, 5) is 14.8. The van der Waals surface area contributed by atoms with Gasteiger partial charge in [-0.3, -0.25) is 15.1 Å². The van der Waals surface area contributed by atoms with Crippen LogP contribution in [0, 0.1) is 10.1 Å². The monoisotopic (exact) mass is 382 g/mol. The Kier molecular flexibility index (Phi) is 4.23. The summed E-state index contributed by atoms with van der Waals surface area (Å²) in [6, 6.07) is 3.41. The van der Waals surface area contributed by atoms with Crippen LogP contribution in [0.5, 0.6) is 0 Å². The van der Waals surface area contributed by atoms with Gasteiger partial charge in [-0.25, -0.2) is 4.72 Å². The van der Waals surface area contributed by atoms with Crippen molar-refractivity contribution in [2.24, 2.45) is 9.39 Å². The molecule has 0 amide bonds. The Morgan fingerprint density at radius 3 is 2.77 bits per heavy atom. The van der Waals surface area contributed by atoms with E-state index in [4.69, 9.17) is 4.74 Å². The number of aliphatic imine (C=N–C) groups is 1. The number of ether oxygens (including phenoxy) is 1. The quantitative estimate of drug-likeness (QED) is 0.589. The van der Waals surface area contributed by atoms with Crippen molar-refractivity contribution in [1.82, 2.24) is 4.72 Å². The van der Waals surface area contributed by atoms with Gasteiger partial charge in [0.1, 0.15) is 6.04 Å². The Bertz CT molecular complexity index is 937. The van der Waals surface area contributed by atoms with Gasteiger partial charge in [-0.05, 0) is 18.1 Å². The molecular weight excluding hydrogens is 364 g/mol. The van der Waals surface area contributed by atoms with E-state index in [1.54, 1.807) is 26.8 Å². The zero-order chi connectivity index (χ0) is 19.3. The SMILES string of the molecule is CCOC1=NS(=O)(=O)NC1=N[C@H]1c2cc([N+](=O)[O-])ccc2C(C)(C)[C@@H]1O. The van der Waals surface area contributed by atoms with Gasteiger partial charge in [0.05, 0.1) is 17.6 Å². The summed E-state index contributed by atoms with van der Waals surface area (Å²) >= 11 is 0. The van der Waals surface area contributed by atoms with Crippen LogP contribution in [0.4, 0.5) is 5.69 Å². The highest BCUT2D eigenvalue weighted by Crippen LogP contribution is 2.47. The molecule has 2 atom stereocenters. The number of aliphatic hydroxyl groups is 1. The van der Waals surface area contributed by atoms with E-state index in [9.17, 15) is 23.6 Å². The first-order chi connectivity index (χ1) is 12.1. The van der Waals surface area contributed by atoms with Gasteiger partial charge in [0.2, 0.25) is 5.84 Å². The van der Waals surface area contributed by atoms with E-state index in [1.165, 1.54) is 12.1 Å². The molecule has 1 aromatic rings. The number of nitrogens with zero attached hydrogens (tertiary/aromatic N) is 3. The average Bonchev–Trinajstić information content (AvgIpc) is 2.93. The van der Waals surface area contributed by atoms with Gasteiger partial charge in [-0.15, -0.1) is 4.40 Å². The van der Waals surface area contributed by atoms with Crippen LogP contribution in [0.1, 0.15) is 37.9 Å². The summed E-state index contributed by atoms with van der Waals surface area (Å²) in [6.07, 6.45) is -1.01. The summed E-state index contributed by atoms with van der Waals surface area (Å²) in [5.74, 6) is -0.331. The molecule has 0 radical (unpaired) electrons. The lowest BCUT2D eigenvalue weighted by atomic mass is 9.84. The molecule has 0 saturated carbocycles. The number of amidine groups is 1.